The fourth-order valence-corrected chi connectivity index (χ4v) is 4.98. The molecule has 2 aliphatic rings. The number of hydrogen-bond acceptors (Lipinski definition) is 4. The normalized spacial score (nSPS) is 21.1. The van der Waals surface area contributed by atoms with Gasteiger partial charge in [-0.2, -0.15) is 0 Å². The third kappa shape index (κ3) is 4.80. The average molecular weight is 451 g/mol. The maximum absolute atomic E-state index is 13.3. The van der Waals surface area contributed by atoms with Gasteiger partial charge in [-0.05, 0) is 87.2 Å². The van der Waals surface area contributed by atoms with Crippen LogP contribution in [0, 0.1) is 5.92 Å². The minimum Gasteiger partial charge on any atom is -0.481 e. The minimum absolute atomic E-state index is 0. The highest BCUT2D eigenvalue weighted by molar-refractivity contribution is 5.85. The van der Waals surface area contributed by atoms with Crippen LogP contribution < -0.4 is 16.7 Å². The molecule has 9 heteroatoms. The molecule has 1 saturated carbocycles. The van der Waals surface area contributed by atoms with Crippen molar-refractivity contribution in [2.24, 2.45) is 13.0 Å². The van der Waals surface area contributed by atoms with Crippen LogP contribution in [0.5, 0.6) is 0 Å². The van der Waals surface area contributed by atoms with Crippen LogP contribution in [0.15, 0.2) is 27.8 Å². The molecule has 1 aliphatic heterocycles. The van der Waals surface area contributed by atoms with Gasteiger partial charge in [-0.25, -0.2) is 23.5 Å². The molecule has 0 atom stereocenters. The molecule has 8 nitrogen and oxygen atoms in total. The molecular weight excluding hydrogens is 420 g/mol. The molecule has 0 amide bonds. The molecule has 2 aromatic rings. The van der Waals surface area contributed by atoms with E-state index in [4.69, 9.17) is 5.11 Å². The number of aromatic nitrogens is 3. The zero-order chi connectivity index (χ0) is 21.3. The summed E-state index contributed by atoms with van der Waals surface area (Å²) >= 11 is 0. The van der Waals surface area contributed by atoms with Gasteiger partial charge in [0.25, 0.3) is 0 Å². The van der Waals surface area contributed by atoms with Crippen molar-refractivity contribution >= 4 is 18.4 Å². The number of nitrogens with one attached hydrogen (secondary N) is 1. The van der Waals surface area contributed by atoms with E-state index in [1.54, 1.807) is 11.7 Å². The molecule has 0 saturated heterocycles. The van der Waals surface area contributed by atoms with Crippen molar-refractivity contribution in [3.8, 4) is 5.69 Å². The fourth-order valence-electron chi connectivity index (χ4n) is 4.98. The minimum atomic E-state index is -0.760. The van der Waals surface area contributed by atoms with Gasteiger partial charge in [-0.15, -0.1) is 12.4 Å². The summed E-state index contributed by atoms with van der Waals surface area (Å²) < 4.78 is 4.33. The van der Waals surface area contributed by atoms with Gasteiger partial charge in [0.1, 0.15) is 0 Å². The second-order valence-corrected chi connectivity index (χ2v) is 8.58. The quantitative estimate of drug-likeness (QED) is 0.726. The summed E-state index contributed by atoms with van der Waals surface area (Å²) in [5.41, 5.74) is 2.49. The first-order valence-corrected chi connectivity index (χ1v) is 10.9. The molecule has 170 valence electrons. The van der Waals surface area contributed by atoms with Crippen molar-refractivity contribution in [2.75, 3.05) is 13.1 Å². The maximum atomic E-state index is 13.3. The van der Waals surface area contributed by atoms with Crippen LogP contribution in [0.1, 0.15) is 55.7 Å². The Balaban J connectivity index is 0.00000272. The summed E-state index contributed by atoms with van der Waals surface area (Å²) in [7, 11) is 1.66. The largest absolute Gasteiger partial charge is 0.481 e. The van der Waals surface area contributed by atoms with Crippen molar-refractivity contribution in [3.05, 3.63) is 50.3 Å². The first-order chi connectivity index (χ1) is 14.5. The van der Waals surface area contributed by atoms with E-state index >= 15 is 0 Å². The Morgan fingerprint density at radius 3 is 2.42 bits per heavy atom. The second-order valence-electron chi connectivity index (χ2n) is 8.58. The Kier molecular flexibility index (Phi) is 7.43. The van der Waals surface area contributed by atoms with E-state index in [2.05, 4.69) is 5.32 Å². The van der Waals surface area contributed by atoms with E-state index in [0.717, 1.165) is 51.6 Å². The number of fused-ring (bicyclic) bond motifs is 1. The molecule has 0 spiro atoms. The van der Waals surface area contributed by atoms with E-state index in [1.165, 1.54) is 20.4 Å². The lowest BCUT2D eigenvalue weighted by molar-refractivity contribution is -0.137. The number of halogens is 1. The number of aliphatic carboxylic acids is 1. The molecule has 0 bridgehead atoms. The van der Waals surface area contributed by atoms with Crippen molar-refractivity contribution in [1.82, 2.24) is 19.2 Å². The molecule has 1 aromatic carbocycles. The van der Waals surface area contributed by atoms with E-state index in [1.807, 2.05) is 18.2 Å². The van der Waals surface area contributed by atoms with Crippen LogP contribution in [0.4, 0.5) is 0 Å². The summed E-state index contributed by atoms with van der Waals surface area (Å²) in [4.78, 5) is 37.0. The van der Waals surface area contributed by atoms with Crippen LogP contribution in [0.3, 0.4) is 0 Å². The number of carboxylic acids is 1. The summed E-state index contributed by atoms with van der Waals surface area (Å²) in [6.07, 6.45) is 6.06. The molecule has 0 radical (unpaired) electrons. The maximum Gasteiger partial charge on any atom is 0.352 e. The molecule has 4 rings (SSSR count). The highest BCUT2D eigenvalue weighted by atomic mass is 35.5. The monoisotopic (exact) mass is 450 g/mol. The van der Waals surface area contributed by atoms with Gasteiger partial charge < -0.3 is 10.4 Å². The molecule has 31 heavy (non-hydrogen) atoms. The van der Waals surface area contributed by atoms with Gasteiger partial charge in [0.2, 0.25) is 0 Å². The highest BCUT2D eigenvalue weighted by Crippen LogP contribution is 2.33. The average Bonchev–Trinajstić information content (AvgIpc) is 2.89. The first kappa shape index (κ1) is 23.3. The second kappa shape index (κ2) is 9.87. The van der Waals surface area contributed by atoms with Crippen molar-refractivity contribution in [3.63, 3.8) is 0 Å². The Hall–Kier alpha value is -2.32. The van der Waals surface area contributed by atoms with Gasteiger partial charge >= 0.3 is 17.3 Å². The van der Waals surface area contributed by atoms with Crippen LogP contribution >= 0.6 is 12.4 Å². The lowest BCUT2D eigenvalue weighted by atomic mass is 9.83. The molecular formula is C22H31ClN4O4. The molecule has 1 aliphatic carbocycles. The first-order valence-electron chi connectivity index (χ1n) is 10.9. The van der Waals surface area contributed by atoms with E-state index in [0.29, 0.717) is 18.0 Å². The van der Waals surface area contributed by atoms with Gasteiger partial charge in [-0.3, -0.25) is 4.79 Å². The number of benzene rings is 1. The Morgan fingerprint density at radius 2 is 1.74 bits per heavy atom. The van der Waals surface area contributed by atoms with Gasteiger partial charge in [0, 0.05) is 13.5 Å². The zero-order valence-electron chi connectivity index (χ0n) is 17.9. The lowest BCUT2D eigenvalue weighted by Crippen LogP contribution is -2.32. The standard InChI is InChI=1S/C22H30N4O4.ClH/c1-24-21(29)25(19-8-5-16-10-12-23-13-11-17(16)14-19)22(30)26(24)18-6-2-15(3-7-18)4-9-20(27)28;/h5,8,14-15,18,23H,2-4,6-7,9-13H2,1H3,(H,27,28);1H. The van der Waals surface area contributed by atoms with Crippen molar-refractivity contribution in [1.29, 1.82) is 0 Å². The number of carboxylic acid groups (broad SMARTS) is 1. The summed E-state index contributed by atoms with van der Waals surface area (Å²) in [5.74, 6) is -0.380. The number of hydrogen-bond donors (Lipinski definition) is 2. The van der Waals surface area contributed by atoms with Crippen LogP contribution in [-0.2, 0) is 24.7 Å². The van der Waals surface area contributed by atoms with Crippen LogP contribution in [0.2, 0.25) is 0 Å². The van der Waals surface area contributed by atoms with Crippen molar-refractivity contribution in [2.45, 2.75) is 57.4 Å². The smallest absolute Gasteiger partial charge is 0.352 e. The SMILES string of the molecule is Cl.Cn1c(=O)n(-c2ccc3c(c2)CCNCC3)c(=O)n1C1CCC(CCC(=O)O)CC1. The van der Waals surface area contributed by atoms with E-state index in [-0.39, 0.29) is 36.2 Å². The van der Waals surface area contributed by atoms with Crippen molar-refractivity contribution < 1.29 is 9.90 Å². The summed E-state index contributed by atoms with van der Waals surface area (Å²) in [6.45, 7) is 1.84. The summed E-state index contributed by atoms with van der Waals surface area (Å²) in [6, 6.07) is 5.87. The van der Waals surface area contributed by atoms with Crippen LogP contribution in [0.25, 0.3) is 5.69 Å². The fraction of sp³-hybridized carbons (Fsp3) is 0.591. The van der Waals surface area contributed by atoms with Gasteiger partial charge in [0.05, 0.1) is 11.7 Å². The molecule has 1 aromatic heterocycles. The van der Waals surface area contributed by atoms with E-state index in [9.17, 15) is 14.4 Å². The van der Waals surface area contributed by atoms with Gasteiger partial charge in [-0.1, -0.05) is 6.07 Å². The predicted molar refractivity (Wildman–Crippen MR) is 121 cm³/mol. The Morgan fingerprint density at radius 1 is 1.06 bits per heavy atom. The number of rotatable bonds is 5. The topological polar surface area (TPSA) is 98.3 Å². The van der Waals surface area contributed by atoms with Gasteiger partial charge in [0.15, 0.2) is 0 Å². The zero-order valence-corrected chi connectivity index (χ0v) is 18.7. The third-order valence-corrected chi connectivity index (χ3v) is 6.70. The Bertz CT molecular complexity index is 1050. The lowest BCUT2D eigenvalue weighted by Gasteiger charge is -2.29. The molecule has 2 N–H and O–H groups in total. The third-order valence-electron chi connectivity index (χ3n) is 6.70. The number of carbonyl (C=O) groups is 1. The predicted octanol–water partition coefficient (Wildman–Crippen LogP) is 2.04. The van der Waals surface area contributed by atoms with E-state index < -0.39 is 5.97 Å². The molecule has 0 unspecified atom stereocenters. The Labute approximate surface area is 187 Å². The number of nitrogens with zero attached hydrogens (tertiary/aromatic N) is 3. The summed E-state index contributed by atoms with van der Waals surface area (Å²) in [5, 5.41) is 12.3. The molecule has 1 fully saturated rings. The highest BCUT2D eigenvalue weighted by Gasteiger charge is 2.27. The molecule has 2 heterocycles. The van der Waals surface area contributed by atoms with Crippen LogP contribution in [-0.4, -0.2) is 38.1 Å².